The van der Waals surface area contributed by atoms with E-state index in [1.807, 2.05) is 0 Å². The molecule has 0 N–H and O–H groups in total. The molecule has 0 fully saturated rings. The predicted molar refractivity (Wildman–Crippen MR) is 79.4 cm³/mol. The third-order valence-corrected chi connectivity index (χ3v) is 2.55. The summed E-state index contributed by atoms with van der Waals surface area (Å²) in [5, 5.41) is 0.246. The van der Waals surface area contributed by atoms with Gasteiger partial charge in [0.05, 0.1) is 0 Å². The van der Waals surface area contributed by atoms with Crippen molar-refractivity contribution in [3.8, 4) is 5.75 Å². The van der Waals surface area contributed by atoms with Crippen LogP contribution in [0.25, 0.3) is 12.2 Å². The van der Waals surface area contributed by atoms with Crippen molar-refractivity contribution in [3.63, 3.8) is 0 Å². The zero-order valence-corrected chi connectivity index (χ0v) is 11.2. The Morgan fingerprint density at radius 1 is 1.14 bits per heavy atom. The molecule has 0 amide bonds. The number of carbonyl (C=O) groups is 1. The van der Waals surface area contributed by atoms with Gasteiger partial charge in [-0.05, 0) is 24.3 Å². The molecule has 0 unspecified atom stereocenters. The summed E-state index contributed by atoms with van der Waals surface area (Å²) in [6.07, 6.45) is 4.99. The van der Waals surface area contributed by atoms with Crippen LogP contribution < -0.4 is 21.3 Å². The van der Waals surface area contributed by atoms with Gasteiger partial charge in [-0.2, -0.15) is 4.57 Å². The lowest BCUT2D eigenvalue weighted by Gasteiger charge is -2.02. The fourth-order valence-corrected chi connectivity index (χ4v) is 1.70. The maximum Gasteiger partial charge on any atom is 0.429 e. The normalized spacial score (nSPS) is 12.2. The number of nitrogens with zero attached hydrogens (tertiary/aromatic N) is 1. The molecule has 0 aliphatic heterocycles. The number of aromatic nitrogens is 1. The molecular weight excluding hydrogens is 270 g/mol. The van der Waals surface area contributed by atoms with Crippen LogP contribution in [0.2, 0.25) is 0 Å². The van der Waals surface area contributed by atoms with Crippen LogP contribution in [0.15, 0.2) is 64.9 Å². The largest absolute Gasteiger partial charge is 0.429 e. The second-order valence-electron chi connectivity index (χ2n) is 3.94. The van der Waals surface area contributed by atoms with E-state index in [-0.39, 0.29) is 10.8 Å². The Morgan fingerprint density at radius 3 is 2.43 bits per heavy atom. The number of carbonyl (C=O) groups excluding carboxylic acids is 1. The number of benzene rings is 1. The molecule has 0 saturated carbocycles. The third kappa shape index (κ3) is 3.09. The van der Waals surface area contributed by atoms with Crippen molar-refractivity contribution < 1.29 is 13.9 Å². The summed E-state index contributed by atoms with van der Waals surface area (Å²) in [5.41, 5.74) is 0.208. The minimum Gasteiger partial charge on any atom is -0.410 e. The Morgan fingerprint density at radius 2 is 1.81 bits per heavy atom. The van der Waals surface area contributed by atoms with Gasteiger partial charge in [0.2, 0.25) is 0 Å². The van der Waals surface area contributed by atoms with Gasteiger partial charge in [0.1, 0.15) is 11.1 Å². The molecular formula is C16H13NO4. The molecule has 21 heavy (non-hydrogen) atoms. The summed E-state index contributed by atoms with van der Waals surface area (Å²) in [5.74, 6) is -0.508. The van der Waals surface area contributed by atoms with Crippen molar-refractivity contribution in [2.24, 2.45) is 0 Å². The third-order valence-electron chi connectivity index (χ3n) is 2.55. The molecule has 5 heteroatoms. The first kappa shape index (κ1) is 14.3. The van der Waals surface area contributed by atoms with Gasteiger partial charge in [0, 0.05) is 0 Å². The van der Waals surface area contributed by atoms with Crippen LogP contribution >= 0.6 is 0 Å². The van der Waals surface area contributed by atoms with Crippen molar-refractivity contribution in [2.75, 3.05) is 0 Å². The van der Waals surface area contributed by atoms with E-state index in [0.717, 1.165) is 4.57 Å². The molecule has 0 saturated heterocycles. The van der Waals surface area contributed by atoms with Crippen LogP contribution in [-0.4, -0.2) is 10.7 Å². The topological polar surface area (TPSA) is 61.4 Å². The summed E-state index contributed by atoms with van der Waals surface area (Å²) < 4.78 is 10.9. The van der Waals surface area contributed by atoms with E-state index in [4.69, 9.17) is 9.15 Å². The molecule has 0 bridgehead atoms. The Labute approximate surface area is 120 Å². The quantitative estimate of drug-likeness (QED) is 0.854. The van der Waals surface area contributed by atoms with E-state index in [9.17, 15) is 9.59 Å². The van der Waals surface area contributed by atoms with Crippen LogP contribution in [0, 0.1) is 0 Å². The smallest absolute Gasteiger partial charge is 0.410 e. The molecule has 2 aromatic rings. The van der Waals surface area contributed by atoms with E-state index in [2.05, 4.69) is 13.2 Å². The standard InChI is InChI=1S/C16H13NO4/c1-3-8-13-14(9-4-2)21-16(19)17(13)15(18)20-12-10-6-5-7-11-12/h3-11H,1-2H2/b13-8+,14-9+. The van der Waals surface area contributed by atoms with Crippen molar-refractivity contribution in [1.82, 2.24) is 4.57 Å². The summed E-state index contributed by atoms with van der Waals surface area (Å²) in [7, 11) is 0. The van der Waals surface area contributed by atoms with E-state index in [1.165, 1.54) is 24.3 Å². The Bertz CT molecular complexity index is 841. The average molecular weight is 283 g/mol. The number of oxazole rings is 1. The lowest BCUT2D eigenvalue weighted by atomic mass is 10.3. The van der Waals surface area contributed by atoms with Gasteiger partial charge in [-0.1, -0.05) is 43.5 Å². The molecule has 0 aliphatic carbocycles. The van der Waals surface area contributed by atoms with Gasteiger partial charge in [-0.3, -0.25) is 0 Å². The van der Waals surface area contributed by atoms with Crippen molar-refractivity contribution >= 4 is 18.2 Å². The van der Waals surface area contributed by atoms with E-state index in [0.29, 0.717) is 5.75 Å². The summed E-state index contributed by atoms with van der Waals surface area (Å²) in [6, 6.07) is 8.44. The SMILES string of the molecule is C=C/C=c1/oc(=O)n(C(=O)Oc2ccccc2)/c1=C/C=C. The highest BCUT2D eigenvalue weighted by Gasteiger charge is 2.15. The zero-order chi connectivity index (χ0) is 15.2. The average Bonchev–Trinajstić information content (AvgIpc) is 2.77. The summed E-state index contributed by atoms with van der Waals surface area (Å²) in [6.45, 7) is 7.07. The van der Waals surface area contributed by atoms with Crippen LogP contribution in [-0.2, 0) is 0 Å². The Hall–Kier alpha value is -3.08. The van der Waals surface area contributed by atoms with Gasteiger partial charge >= 0.3 is 11.8 Å². The number of para-hydroxylation sites is 1. The molecule has 0 radical (unpaired) electrons. The van der Waals surface area contributed by atoms with Crippen LogP contribution in [0.1, 0.15) is 0 Å². The maximum atomic E-state index is 12.1. The molecule has 1 aromatic heterocycles. The van der Waals surface area contributed by atoms with Crippen LogP contribution in [0.4, 0.5) is 4.79 Å². The first-order valence-corrected chi connectivity index (χ1v) is 6.12. The second-order valence-corrected chi connectivity index (χ2v) is 3.94. The number of rotatable bonds is 3. The van der Waals surface area contributed by atoms with E-state index < -0.39 is 11.8 Å². The molecule has 0 aliphatic rings. The lowest BCUT2D eigenvalue weighted by molar-refractivity contribution is 0.199. The van der Waals surface area contributed by atoms with Gasteiger partial charge in [-0.15, -0.1) is 0 Å². The Kier molecular flexibility index (Phi) is 4.36. The number of hydrogen-bond acceptors (Lipinski definition) is 4. The number of ether oxygens (including phenoxy) is 1. The highest BCUT2D eigenvalue weighted by molar-refractivity contribution is 5.73. The van der Waals surface area contributed by atoms with Crippen molar-refractivity contribution in [1.29, 1.82) is 0 Å². The van der Waals surface area contributed by atoms with Gasteiger partial charge in [0.15, 0.2) is 5.42 Å². The maximum absolute atomic E-state index is 12.1. The molecule has 2 rings (SSSR count). The fourth-order valence-electron chi connectivity index (χ4n) is 1.70. The van der Waals surface area contributed by atoms with Gasteiger partial charge in [-0.25, -0.2) is 9.59 Å². The van der Waals surface area contributed by atoms with E-state index in [1.54, 1.807) is 30.3 Å². The monoisotopic (exact) mass is 283 g/mol. The first-order valence-electron chi connectivity index (χ1n) is 6.12. The fraction of sp³-hybridized carbons (Fsp3) is 0. The molecule has 1 heterocycles. The summed E-state index contributed by atoms with van der Waals surface area (Å²) >= 11 is 0. The summed E-state index contributed by atoms with van der Waals surface area (Å²) in [4.78, 5) is 24.0. The molecule has 106 valence electrons. The Balaban J connectivity index is 2.54. The number of hydrogen-bond donors (Lipinski definition) is 0. The molecule has 1 aromatic carbocycles. The minimum absolute atomic E-state index is 0.208. The first-order chi connectivity index (χ1) is 10.2. The van der Waals surface area contributed by atoms with Crippen molar-refractivity contribution in [2.45, 2.75) is 0 Å². The van der Waals surface area contributed by atoms with Crippen LogP contribution in [0.3, 0.4) is 0 Å². The molecule has 0 spiro atoms. The van der Waals surface area contributed by atoms with Gasteiger partial charge in [0.25, 0.3) is 0 Å². The highest BCUT2D eigenvalue weighted by Crippen LogP contribution is 2.08. The van der Waals surface area contributed by atoms with E-state index >= 15 is 0 Å². The predicted octanol–water partition coefficient (Wildman–Crippen LogP) is 1.42. The zero-order valence-electron chi connectivity index (χ0n) is 11.2. The molecule has 0 atom stereocenters. The van der Waals surface area contributed by atoms with Crippen LogP contribution in [0.5, 0.6) is 5.75 Å². The van der Waals surface area contributed by atoms with Gasteiger partial charge < -0.3 is 9.15 Å². The minimum atomic E-state index is -0.855. The number of allylic oxidation sites excluding steroid dienone is 2. The highest BCUT2D eigenvalue weighted by atomic mass is 16.6. The molecule has 5 nitrogen and oxygen atoms in total. The van der Waals surface area contributed by atoms with Crippen molar-refractivity contribution in [3.05, 3.63) is 77.0 Å². The second kappa shape index (κ2) is 6.38. The lowest BCUT2D eigenvalue weighted by Crippen LogP contribution is -2.38.